The van der Waals surface area contributed by atoms with Crippen LogP contribution >= 0.6 is 0 Å². The summed E-state index contributed by atoms with van der Waals surface area (Å²) in [4.78, 5) is 13.2. The van der Waals surface area contributed by atoms with Crippen LogP contribution in [-0.2, 0) is 33.2 Å². The van der Waals surface area contributed by atoms with E-state index >= 15 is 0 Å². The monoisotopic (exact) mass is 1070 g/mol. The number of ether oxygens (including phenoxy) is 6. The van der Waals surface area contributed by atoms with Gasteiger partial charge in [-0.2, -0.15) is 0 Å². The number of hydrogen-bond donors (Lipinski definition) is 12. The van der Waals surface area contributed by atoms with E-state index in [-0.39, 0.29) is 18.9 Å². The Kier molecular flexibility index (Phi) is 35.4. The van der Waals surface area contributed by atoms with Crippen molar-refractivity contribution in [1.82, 2.24) is 5.32 Å². The average molecular weight is 1070 g/mol. The van der Waals surface area contributed by atoms with Gasteiger partial charge in [0.1, 0.15) is 73.2 Å². The molecule has 3 aliphatic heterocycles. The van der Waals surface area contributed by atoms with E-state index in [1.807, 2.05) is 0 Å². The summed E-state index contributed by atoms with van der Waals surface area (Å²) < 4.78 is 34.1. The number of amides is 1. The third-order valence-corrected chi connectivity index (χ3v) is 13.9. The minimum Gasteiger partial charge on any atom is -0.394 e. The van der Waals surface area contributed by atoms with Crippen LogP contribution in [0.3, 0.4) is 0 Å². The molecule has 19 heteroatoms. The Morgan fingerprint density at radius 2 is 0.920 bits per heavy atom. The van der Waals surface area contributed by atoms with Crippen LogP contribution < -0.4 is 5.32 Å². The van der Waals surface area contributed by atoms with Crippen LogP contribution in [0.1, 0.15) is 155 Å². The first-order chi connectivity index (χ1) is 36.3. The molecule has 0 aromatic heterocycles. The van der Waals surface area contributed by atoms with Crippen LogP contribution in [-0.4, -0.2) is 193 Å². The first-order valence-electron chi connectivity index (χ1n) is 28.0. The molecular formula is C56H97NO18. The Balaban J connectivity index is 1.45. The lowest BCUT2D eigenvalue weighted by molar-refractivity contribution is -0.379. The molecule has 0 aliphatic carbocycles. The standard InChI is InChI=1S/C56H97NO18/c1-3-5-7-9-11-12-13-14-15-16-17-18-19-20-21-22-23-24-25-26-28-30-32-34-44(62)57-39(40(61)33-31-29-27-10-8-6-4-2)38-70-54-50(68)47(65)52(42(36-59)72-54)75-56-51(69)48(66)53(43(37-60)73-56)74-55-49(67)46(64)45(63)41(35-58)71-55/h5,7,11-12,14-15,17-18,20-21,39-43,45-56,58-61,63-69H,3-4,6,8-10,13,16,19,22-38H2,1-2H3,(H,57,62)/b7-5-,12-11-,15-14-,18-17-,21-20-. The van der Waals surface area contributed by atoms with Crippen molar-refractivity contribution in [2.45, 2.75) is 259 Å². The largest absolute Gasteiger partial charge is 0.394 e. The summed E-state index contributed by atoms with van der Waals surface area (Å²) in [6.45, 7) is 1.57. The molecule has 0 spiro atoms. The highest BCUT2D eigenvalue weighted by Gasteiger charge is 2.53. The fourth-order valence-corrected chi connectivity index (χ4v) is 9.22. The molecule has 0 saturated carbocycles. The minimum absolute atomic E-state index is 0.249. The summed E-state index contributed by atoms with van der Waals surface area (Å²) in [6.07, 6.45) is 16.4. The maximum absolute atomic E-state index is 13.2. The lowest BCUT2D eigenvalue weighted by atomic mass is 9.96. The molecule has 3 fully saturated rings. The number of hydrogen-bond acceptors (Lipinski definition) is 18. The van der Waals surface area contributed by atoms with E-state index in [0.29, 0.717) is 12.8 Å². The third-order valence-electron chi connectivity index (χ3n) is 13.9. The maximum Gasteiger partial charge on any atom is 0.220 e. The smallest absolute Gasteiger partial charge is 0.220 e. The molecule has 17 unspecified atom stereocenters. The van der Waals surface area contributed by atoms with Crippen LogP contribution in [0.15, 0.2) is 60.8 Å². The Morgan fingerprint density at radius 3 is 1.44 bits per heavy atom. The van der Waals surface area contributed by atoms with Gasteiger partial charge in [-0.25, -0.2) is 0 Å². The summed E-state index contributed by atoms with van der Waals surface area (Å²) >= 11 is 0. The van der Waals surface area contributed by atoms with Crippen molar-refractivity contribution in [3.63, 3.8) is 0 Å². The van der Waals surface area contributed by atoms with Gasteiger partial charge in [-0.05, 0) is 57.8 Å². The van der Waals surface area contributed by atoms with Crippen molar-refractivity contribution in [1.29, 1.82) is 0 Å². The predicted octanol–water partition coefficient (Wildman–Crippen LogP) is 3.70. The summed E-state index contributed by atoms with van der Waals surface area (Å²) in [5.41, 5.74) is 0. The molecule has 3 saturated heterocycles. The van der Waals surface area contributed by atoms with Crippen molar-refractivity contribution in [2.24, 2.45) is 0 Å². The molecule has 0 aromatic carbocycles. The summed E-state index contributed by atoms with van der Waals surface area (Å²) in [5.74, 6) is -0.263. The van der Waals surface area contributed by atoms with Gasteiger partial charge in [-0.1, -0.05) is 152 Å². The van der Waals surface area contributed by atoms with E-state index in [9.17, 15) is 61.0 Å². The summed E-state index contributed by atoms with van der Waals surface area (Å²) in [6, 6.07) is -0.893. The zero-order valence-electron chi connectivity index (χ0n) is 44.8. The first kappa shape index (κ1) is 66.8. The molecule has 75 heavy (non-hydrogen) atoms. The molecule has 12 N–H and O–H groups in total. The number of rotatable bonds is 39. The van der Waals surface area contributed by atoms with Crippen molar-refractivity contribution < 1.29 is 89.4 Å². The topological polar surface area (TPSA) is 307 Å². The number of nitrogens with one attached hydrogen (secondary N) is 1. The van der Waals surface area contributed by atoms with E-state index in [2.05, 4.69) is 79.9 Å². The van der Waals surface area contributed by atoms with Gasteiger partial charge in [-0.15, -0.1) is 0 Å². The van der Waals surface area contributed by atoms with Crippen LogP contribution in [0.25, 0.3) is 0 Å². The molecule has 0 bridgehead atoms. The van der Waals surface area contributed by atoms with Crippen molar-refractivity contribution in [2.75, 3.05) is 26.4 Å². The molecule has 3 rings (SSSR count). The molecule has 434 valence electrons. The summed E-state index contributed by atoms with van der Waals surface area (Å²) in [7, 11) is 0. The van der Waals surface area contributed by atoms with Crippen LogP contribution in [0, 0.1) is 0 Å². The quantitative estimate of drug-likeness (QED) is 0.0309. The zero-order chi connectivity index (χ0) is 54.8. The van der Waals surface area contributed by atoms with Crippen LogP contribution in [0.5, 0.6) is 0 Å². The van der Waals surface area contributed by atoms with Gasteiger partial charge in [0.05, 0.1) is 38.6 Å². The highest BCUT2D eigenvalue weighted by atomic mass is 16.8. The van der Waals surface area contributed by atoms with Crippen molar-refractivity contribution in [3.8, 4) is 0 Å². The number of carbonyl (C=O) groups is 1. The highest BCUT2D eigenvalue weighted by molar-refractivity contribution is 5.76. The molecule has 1 amide bonds. The second kappa shape index (κ2) is 39.8. The lowest BCUT2D eigenvalue weighted by Gasteiger charge is -2.48. The molecule has 0 aromatic rings. The van der Waals surface area contributed by atoms with Gasteiger partial charge in [0.25, 0.3) is 0 Å². The molecule has 3 heterocycles. The van der Waals surface area contributed by atoms with Crippen LogP contribution in [0.4, 0.5) is 0 Å². The molecule has 19 nitrogen and oxygen atoms in total. The third kappa shape index (κ3) is 24.6. The van der Waals surface area contributed by atoms with Gasteiger partial charge >= 0.3 is 0 Å². The fourth-order valence-electron chi connectivity index (χ4n) is 9.22. The molecule has 17 atom stereocenters. The number of aliphatic hydroxyl groups is 11. The lowest BCUT2D eigenvalue weighted by Crippen LogP contribution is -2.66. The normalized spacial score (nSPS) is 31.7. The number of carbonyl (C=O) groups excluding carboxylic acids is 1. The number of unbranched alkanes of at least 4 members (excludes halogenated alkanes) is 13. The van der Waals surface area contributed by atoms with E-state index < -0.39 is 124 Å². The Labute approximate surface area is 445 Å². The van der Waals surface area contributed by atoms with Gasteiger partial charge in [0, 0.05) is 6.42 Å². The molecular weight excluding hydrogens is 975 g/mol. The second-order valence-corrected chi connectivity index (χ2v) is 20.0. The zero-order valence-corrected chi connectivity index (χ0v) is 44.8. The SMILES string of the molecule is CC/C=C\C/C=C\C/C=C\C/C=C\C/C=C\CCCCCCCCCC(=O)NC(COC1OC(CO)C(OC2OC(CO)C(OC3OC(CO)C(O)C(O)C3O)C(O)C2O)C(O)C1O)C(O)CCCCCCCCC. The average Bonchev–Trinajstić information content (AvgIpc) is 3.41. The first-order valence-corrected chi connectivity index (χ1v) is 28.0. The van der Waals surface area contributed by atoms with E-state index in [1.54, 1.807) is 0 Å². The van der Waals surface area contributed by atoms with E-state index in [0.717, 1.165) is 116 Å². The molecule has 3 aliphatic rings. The Morgan fingerprint density at radius 1 is 0.493 bits per heavy atom. The highest BCUT2D eigenvalue weighted by Crippen LogP contribution is 2.33. The fraction of sp³-hybridized carbons (Fsp3) is 0.804. The number of aliphatic hydroxyl groups excluding tert-OH is 11. The van der Waals surface area contributed by atoms with E-state index in [1.165, 1.54) is 6.42 Å². The molecule has 0 radical (unpaired) electrons. The van der Waals surface area contributed by atoms with E-state index in [4.69, 9.17) is 28.4 Å². The predicted molar refractivity (Wildman–Crippen MR) is 282 cm³/mol. The van der Waals surface area contributed by atoms with Gasteiger partial charge < -0.3 is 89.9 Å². The van der Waals surface area contributed by atoms with Crippen molar-refractivity contribution in [3.05, 3.63) is 60.8 Å². The van der Waals surface area contributed by atoms with Crippen molar-refractivity contribution >= 4 is 5.91 Å². The number of allylic oxidation sites excluding steroid dienone is 10. The maximum atomic E-state index is 13.2. The second-order valence-electron chi connectivity index (χ2n) is 20.0. The van der Waals surface area contributed by atoms with Gasteiger partial charge in [0.2, 0.25) is 5.91 Å². The van der Waals surface area contributed by atoms with Gasteiger partial charge in [0.15, 0.2) is 18.9 Å². The van der Waals surface area contributed by atoms with Gasteiger partial charge in [-0.3, -0.25) is 4.79 Å². The Hall–Kier alpha value is -2.51. The summed E-state index contributed by atoms with van der Waals surface area (Å²) in [5, 5.41) is 120. The minimum atomic E-state index is -1.97. The van der Waals surface area contributed by atoms with Crippen LogP contribution in [0.2, 0.25) is 0 Å². The Bertz CT molecular complexity index is 1610.